The molecule has 0 bridgehead atoms. The van der Waals surface area contributed by atoms with E-state index in [1.54, 1.807) is 0 Å². The van der Waals surface area contributed by atoms with E-state index in [1.165, 1.54) is 58.5 Å². The van der Waals surface area contributed by atoms with Crippen molar-refractivity contribution < 1.29 is 0 Å². The van der Waals surface area contributed by atoms with Crippen LogP contribution in [0, 0.1) is 3.57 Å². The minimum Gasteiger partial charge on any atom is -0.0616 e. The molecule has 0 saturated carbocycles. The standard InChI is InChI=1S/C32H21I/c33-32-17-15-25(16-18-32)29-12-14-30-20-28(11-13-31(30)21-29)24-7-5-23(6-8-24)27-10-9-22-3-1-2-4-26(22)19-27/h1-21H. The molecular formula is C32H21I. The van der Waals surface area contributed by atoms with Gasteiger partial charge in [0.05, 0.1) is 0 Å². The summed E-state index contributed by atoms with van der Waals surface area (Å²) >= 11 is 2.35. The lowest BCUT2D eigenvalue weighted by Gasteiger charge is -2.09. The fourth-order valence-electron chi connectivity index (χ4n) is 4.47. The SMILES string of the molecule is Ic1ccc(-c2ccc3cc(-c4ccc(-c5ccc6ccccc6c5)cc4)ccc3c2)cc1. The average Bonchev–Trinajstić information content (AvgIpc) is 2.88. The van der Waals surface area contributed by atoms with Crippen LogP contribution in [0.2, 0.25) is 0 Å². The summed E-state index contributed by atoms with van der Waals surface area (Å²) in [4.78, 5) is 0. The zero-order valence-corrected chi connectivity index (χ0v) is 20.2. The van der Waals surface area contributed by atoms with Crippen molar-refractivity contribution in [1.82, 2.24) is 0 Å². The molecule has 0 heterocycles. The third kappa shape index (κ3) is 4.05. The predicted molar refractivity (Wildman–Crippen MR) is 150 cm³/mol. The topological polar surface area (TPSA) is 0 Å². The van der Waals surface area contributed by atoms with E-state index in [-0.39, 0.29) is 0 Å². The van der Waals surface area contributed by atoms with Gasteiger partial charge < -0.3 is 0 Å². The van der Waals surface area contributed by atoms with Gasteiger partial charge in [0.1, 0.15) is 0 Å². The molecule has 0 aliphatic heterocycles. The summed E-state index contributed by atoms with van der Waals surface area (Å²) in [5.74, 6) is 0. The minimum absolute atomic E-state index is 1.24. The van der Waals surface area contributed by atoms with Gasteiger partial charge in [-0.25, -0.2) is 0 Å². The lowest BCUT2D eigenvalue weighted by Crippen LogP contribution is -1.83. The Labute approximate surface area is 207 Å². The van der Waals surface area contributed by atoms with Gasteiger partial charge in [-0.15, -0.1) is 0 Å². The van der Waals surface area contributed by atoms with Gasteiger partial charge in [0, 0.05) is 3.57 Å². The molecule has 0 atom stereocenters. The Balaban J connectivity index is 1.30. The van der Waals surface area contributed by atoms with Crippen LogP contribution in [-0.4, -0.2) is 0 Å². The molecule has 6 aromatic carbocycles. The normalized spacial score (nSPS) is 11.2. The summed E-state index contributed by atoms with van der Waals surface area (Å²) in [6, 6.07) is 46.3. The number of hydrogen-bond acceptors (Lipinski definition) is 0. The molecule has 0 N–H and O–H groups in total. The second kappa shape index (κ2) is 8.49. The van der Waals surface area contributed by atoms with E-state index in [4.69, 9.17) is 0 Å². The first-order valence-corrected chi connectivity index (χ1v) is 12.2. The first kappa shape index (κ1) is 20.2. The Hall–Kier alpha value is -3.43. The van der Waals surface area contributed by atoms with E-state index >= 15 is 0 Å². The van der Waals surface area contributed by atoms with Crippen molar-refractivity contribution in [1.29, 1.82) is 0 Å². The zero-order chi connectivity index (χ0) is 22.2. The second-order valence-electron chi connectivity index (χ2n) is 8.42. The van der Waals surface area contributed by atoms with Crippen LogP contribution in [0.1, 0.15) is 0 Å². The summed E-state index contributed by atoms with van der Waals surface area (Å²) in [7, 11) is 0. The molecule has 0 saturated heterocycles. The van der Waals surface area contributed by atoms with Crippen molar-refractivity contribution in [2.24, 2.45) is 0 Å². The lowest BCUT2D eigenvalue weighted by molar-refractivity contribution is 1.60. The number of benzene rings is 6. The van der Waals surface area contributed by atoms with Gasteiger partial charge in [-0.3, -0.25) is 0 Å². The average molecular weight is 532 g/mol. The molecule has 0 radical (unpaired) electrons. The molecule has 6 rings (SSSR count). The number of fused-ring (bicyclic) bond motifs is 2. The Morgan fingerprint density at radius 1 is 0.303 bits per heavy atom. The zero-order valence-electron chi connectivity index (χ0n) is 18.0. The second-order valence-corrected chi connectivity index (χ2v) is 9.67. The molecule has 6 aromatic rings. The van der Waals surface area contributed by atoms with Crippen LogP contribution in [-0.2, 0) is 0 Å². The highest BCUT2D eigenvalue weighted by atomic mass is 127. The van der Waals surface area contributed by atoms with Crippen molar-refractivity contribution in [3.05, 3.63) is 131 Å². The van der Waals surface area contributed by atoms with Crippen LogP contribution >= 0.6 is 22.6 Å². The van der Waals surface area contributed by atoms with E-state index in [9.17, 15) is 0 Å². The van der Waals surface area contributed by atoms with E-state index in [0.717, 1.165) is 0 Å². The van der Waals surface area contributed by atoms with Gasteiger partial charge in [-0.1, -0.05) is 97.1 Å². The smallest absolute Gasteiger partial charge is 0.0130 e. The van der Waals surface area contributed by atoms with Crippen LogP contribution < -0.4 is 0 Å². The van der Waals surface area contributed by atoms with Crippen LogP contribution in [0.15, 0.2) is 127 Å². The highest BCUT2D eigenvalue weighted by Gasteiger charge is 2.05. The number of hydrogen-bond donors (Lipinski definition) is 0. The molecule has 1 heteroatoms. The summed E-state index contributed by atoms with van der Waals surface area (Å²) < 4.78 is 1.26. The molecule has 0 amide bonds. The van der Waals surface area contributed by atoms with Gasteiger partial charge in [-0.2, -0.15) is 0 Å². The Morgan fingerprint density at radius 2 is 0.636 bits per heavy atom. The van der Waals surface area contributed by atoms with Gasteiger partial charge in [-0.05, 0) is 108 Å². The maximum absolute atomic E-state index is 2.35. The fraction of sp³-hybridized carbons (Fsp3) is 0. The monoisotopic (exact) mass is 532 g/mol. The molecular weight excluding hydrogens is 511 g/mol. The number of halogens is 1. The Kier molecular flexibility index (Phi) is 5.20. The quantitative estimate of drug-likeness (QED) is 0.199. The molecule has 0 aromatic heterocycles. The molecule has 0 spiro atoms. The fourth-order valence-corrected chi connectivity index (χ4v) is 4.83. The van der Waals surface area contributed by atoms with Crippen LogP contribution in [0.4, 0.5) is 0 Å². The van der Waals surface area contributed by atoms with E-state index in [0.29, 0.717) is 0 Å². The Bertz CT molecular complexity index is 1590. The number of rotatable bonds is 3. The van der Waals surface area contributed by atoms with Gasteiger partial charge >= 0.3 is 0 Å². The Morgan fingerprint density at radius 3 is 1.12 bits per heavy atom. The van der Waals surface area contributed by atoms with E-state index < -0.39 is 0 Å². The van der Waals surface area contributed by atoms with Crippen LogP contribution in [0.5, 0.6) is 0 Å². The maximum atomic E-state index is 2.35. The van der Waals surface area contributed by atoms with Crippen LogP contribution in [0.3, 0.4) is 0 Å². The lowest BCUT2D eigenvalue weighted by atomic mass is 9.96. The minimum atomic E-state index is 1.24. The van der Waals surface area contributed by atoms with Crippen molar-refractivity contribution >= 4 is 44.1 Å². The van der Waals surface area contributed by atoms with Crippen molar-refractivity contribution in [2.45, 2.75) is 0 Å². The molecule has 156 valence electrons. The van der Waals surface area contributed by atoms with Gasteiger partial charge in [0.15, 0.2) is 0 Å². The van der Waals surface area contributed by atoms with Crippen molar-refractivity contribution in [3.8, 4) is 33.4 Å². The highest BCUT2D eigenvalue weighted by Crippen LogP contribution is 2.31. The summed E-state index contributed by atoms with van der Waals surface area (Å²) in [6.45, 7) is 0. The van der Waals surface area contributed by atoms with E-state index in [2.05, 4.69) is 150 Å². The molecule has 0 unspecified atom stereocenters. The van der Waals surface area contributed by atoms with Crippen molar-refractivity contribution in [3.63, 3.8) is 0 Å². The largest absolute Gasteiger partial charge is 0.0616 e. The highest BCUT2D eigenvalue weighted by molar-refractivity contribution is 14.1. The first-order valence-electron chi connectivity index (χ1n) is 11.1. The van der Waals surface area contributed by atoms with Crippen LogP contribution in [0.25, 0.3) is 54.9 Å². The van der Waals surface area contributed by atoms with Gasteiger partial charge in [0.2, 0.25) is 0 Å². The summed E-state index contributed by atoms with van der Waals surface area (Å²) in [5.41, 5.74) is 7.49. The molecule has 0 fully saturated rings. The predicted octanol–water partition coefficient (Wildman–Crippen LogP) is 9.60. The molecule has 33 heavy (non-hydrogen) atoms. The van der Waals surface area contributed by atoms with Gasteiger partial charge in [0.25, 0.3) is 0 Å². The first-order chi connectivity index (χ1) is 16.2. The van der Waals surface area contributed by atoms with E-state index in [1.807, 2.05) is 0 Å². The summed E-state index contributed by atoms with van der Waals surface area (Å²) in [6.07, 6.45) is 0. The maximum Gasteiger partial charge on any atom is 0.0130 e. The molecule has 0 nitrogen and oxygen atoms in total. The van der Waals surface area contributed by atoms with Crippen molar-refractivity contribution in [2.75, 3.05) is 0 Å². The molecule has 0 aliphatic carbocycles. The third-order valence-corrected chi connectivity index (χ3v) is 7.04. The third-order valence-electron chi connectivity index (χ3n) is 6.32. The molecule has 0 aliphatic rings. The summed E-state index contributed by atoms with van der Waals surface area (Å²) in [5, 5.41) is 5.08.